The van der Waals surface area contributed by atoms with Gasteiger partial charge in [0.05, 0.1) is 33.9 Å². The van der Waals surface area contributed by atoms with Crippen LogP contribution in [0.3, 0.4) is 0 Å². The minimum atomic E-state index is -0.473. The number of aliphatic hydroxyl groups excluding tert-OH is 1. The second-order valence-electron chi connectivity index (χ2n) is 13.1. The van der Waals surface area contributed by atoms with E-state index in [1.54, 1.807) is 57.4 Å². The highest BCUT2D eigenvalue weighted by Crippen LogP contribution is 2.35. The zero-order valence-corrected chi connectivity index (χ0v) is 32.3. The molecule has 1 aliphatic rings. The molecular weight excluding hydrogens is 731 g/mol. The molecule has 0 saturated carbocycles. The molecule has 0 unspecified atom stereocenters. The number of unbranched alkanes of at least 4 members (excludes halogenated alkanes) is 2. The Morgan fingerprint density at radius 1 is 0.962 bits per heavy atom. The molecular formula is C40H42Cl2N6O4S. The van der Waals surface area contributed by atoms with Crippen LogP contribution in [0.1, 0.15) is 87.7 Å². The summed E-state index contributed by atoms with van der Waals surface area (Å²) in [5, 5.41) is 21.0. The van der Waals surface area contributed by atoms with Crippen LogP contribution in [0.5, 0.6) is 0 Å². The van der Waals surface area contributed by atoms with Crippen LogP contribution in [0.2, 0.25) is 10.0 Å². The molecule has 10 nitrogen and oxygen atoms in total. The van der Waals surface area contributed by atoms with E-state index in [2.05, 4.69) is 24.1 Å². The van der Waals surface area contributed by atoms with Gasteiger partial charge in [-0.1, -0.05) is 86.3 Å². The Kier molecular flexibility index (Phi) is 12.3. The quantitative estimate of drug-likeness (QED) is 0.124. The maximum Gasteiger partial charge on any atom is 0.275 e. The highest BCUT2D eigenvalue weighted by atomic mass is 35.5. The summed E-state index contributed by atoms with van der Waals surface area (Å²) < 4.78 is 1.61. The van der Waals surface area contributed by atoms with E-state index in [4.69, 9.17) is 28.3 Å². The second kappa shape index (κ2) is 17.1. The van der Waals surface area contributed by atoms with E-state index in [-0.39, 0.29) is 29.7 Å². The van der Waals surface area contributed by atoms with Crippen LogP contribution in [0.15, 0.2) is 72.1 Å². The van der Waals surface area contributed by atoms with E-state index in [9.17, 15) is 19.5 Å². The first-order valence-electron chi connectivity index (χ1n) is 17.8. The number of thiazole rings is 1. The molecule has 1 aliphatic heterocycles. The van der Waals surface area contributed by atoms with Crippen molar-refractivity contribution in [1.82, 2.24) is 24.6 Å². The standard InChI is InChI=1S/C40H42Cl2N6O4S/c1-4-6-17-46(18-7-5-2)40(52)33-19-25(3)48(45-33)35-16-15-28(43-37(50)34-24-53-38(44-34)30-13-10-14-32(41)36(30)42)21-31(35)39(51)47-22-27-12-9-8-11-26(27)20-29(47)23-49/h8-16,19,21,24,29,49H,4-7,17-18,20,22-23H2,1-3H3,(H,43,50)/t29-/m0/s1. The van der Waals surface area contributed by atoms with Gasteiger partial charge in [0.15, 0.2) is 5.69 Å². The molecule has 0 bridgehead atoms. The third-order valence-electron chi connectivity index (χ3n) is 9.42. The van der Waals surface area contributed by atoms with Crippen LogP contribution in [0.4, 0.5) is 5.69 Å². The summed E-state index contributed by atoms with van der Waals surface area (Å²) in [6.45, 7) is 7.40. The van der Waals surface area contributed by atoms with Crippen LogP contribution in [-0.4, -0.2) is 73.1 Å². The van der Waals surface area contributed by atoms with Crippen molar-refractivity contribution in [3.63, 3.8) is 0 Å². The zero-order chi connectivity index (χ0) is 37.6. The molecule has 5 aromatic rings. The molecule has 3 amide bonds. The van der Waals surface area contributed by atoms with Crippen LogP contribution in [0, 0.1) is 6.92 Å². The molecule has 0 fully saturated rings. The van der Waals surface area contributed by atoms with E-state index >= 15 is 0 Å². The first-order chi connectivity index (χ1) is 25.6. The van der Waals surface area contributed by atoms with Crippen molar-refractivity contribution in [2.24, 2.45) is 0 Å². The van der Waals surface area contributed by atoms with Gasteiger partial charge in [-0.25, -0.2) is 9.67 Å². The van der Waals surface area contributed by atoms with Crippen molar-refractivity contribution >= 4 is 57.9 Å². The molecule has 1 atom stereocenters. The summed E-state index contributed by atoms with van der Waals surface area (Å²) in [6, 6.07) is 19.4. The number of halogens is 2. The molecule has 0 saturated heterocycles. The second-order valence-corrected chi connectivity index (χ2v) is 14.8. The fraction of sp³-hybridized carbons (Fsp3) is 0.325. The fourth-order valence-electron chi connectivity index (χ4n) is 6.48. The Balaban J connectivity index is 1.36. The molecule has 0 aliphatic carbocycles. The van der Waals surface area contributed by atoms with Crippen molar-refractivity contribution < 1.29 is 19.5 Å². The highest BCUT2D eigenvalue weighted by Gasteiger charge is 2.32. The van der Waals surface area contributed by atoms with Crippen LogP contribution in [-0.2, 0) is 13.0 Å². The number of carbonyl (C=O) groups is 3. The Morgan fingerprint density at radius 3 is 2.42 bits per heavy atom. The first kappa shape index (κ1) is 38.2. The van der Waals surface area contributed by atoms with E-state index in [1.165, 1.54) is 11.3 Å². The Morgan fingerprint density at radius 2 is 1.70 bits per heavy atom. The summed E-state index contributed by atoms with van der Waals surface area (Å²) in [6.07, 6.45) is 4.21. The lowest BCUT2D eigenvalue weighted by molar-refractivity contribution is 0.0544. The molecule has 6 rings (SSSR count). The summed E-state index contributed by atoms with van der Waals surface area (Å²) >= 11 is 13.9. The smallest absolute Gasteiger partial charge is 0.275 e. The molecule has 13 heteroatoms. The number of fused-ring (bicyclic) bond motifs is 1. The highest BCUT2D eigenvalue weighted by molar-refractivity contribution is 7.13. The number of nitrogens with one attached hydrogen (secondary N) is 1. The molecule has 0 spiro atoms. The lowest BCUT2D eigenvalue weighted by Crippen LogP contribution is -2.46. The van der Waals surface area contributed by atoms with Gasteiger partial charge in [-0.05, 0) is 67.6 Å². The van der Waals surface area contributed by atoms with E-state index in [1.807, 2.05) is 36.1 Å². The topological polar surface area (TPSA) is 121 Å². The number of aryl methyl sites for hydroxylation is 1. The average Bonchev–Trinajstić information content (AvgIpc) is 3.82. The predicted molar refractivity (Wildman–Crippen MR) is 210 cm³/mol. The van der Waals surface area contributed by atoms with Gasteiger partial charge in [0.2, 0.25) is 0 Å². The zero-order valence-electron chi connectivity index (χ0n) is 29.9. The van der Waals surface area contributed by atoms with E-state index in [0.29, 0.717) is 69.4 Å². The predicted octanol–water partition coefficient (Wildman–Crippen LogP) is 8.47. The SMILES string of the molecule is CCCCN(CCCC)C(=O)c1cc(C)n(-c2ccc(NC(=O)c3csc(-c4cccc(Cl)c4Cl)n3)cc2C(=O)N2Cc3ccccc3C[C@H]2CO)n1. The lowest BCUT2D eigenvalue weighted by atomic mass is 9.93. The van der Waals surface area contributed by atoms with Crippen LogP contribution < -0.4 is 5.32 Å². The molecule has 3 aromatic carbocycles. The molecule has 3 heterocycles. The number of hydrogen-bond acceptors (Lipinski definition) is 7. The monoisotopic (exact) mass is 772 g/mol. The minimum absolute atomic E-state index is 0.153. The van der Waals surface area contributed by atoms with Gasteiger partial charge in [0, 0.05) is 42.0 Å². The Labute approximate surface area is 323 Å². The first-order valence-corrected chi connectivity index (χ1v) is 19.5. The minimum Gasteiger partial charge on any atom is -0.394 e. The van der Waals surface area contributed by atoms with Gasteiger partial charge in [-0.2, -0.15) is 5.10 Å². The van der Waals surface area contributed by atoms with Crippen molar-refractivity contribution in [2.45, 2.75) is 65.5 Å². The van der Waals surface area contributed by atoms with Gasteiger partial charge in [0.1, 0.15) is 10.7 Å². The summed E-state index contributed by atoms with van der Waals surface area (Å²) in [4.78, 5) is 49.9. The molecule has 53 heavy (non-hydrogen) atoms. The maximum atomic E-state index is 14.6. The Bertz CT molecular complexity index is 2120. The summed E-state index contributed by atoms with van der Waals surface area (Å²) in [5.74, 6) is -0.967. The third-order valence-corrected chi connectivity index (χ3v) is 11.1. The van der Waals surface area contributed by atoms with Gasteiger partial charge < -0.3 is 20.2 Å². The van der Waals surface area contributed by atoms with E-state index in [0.717, 1.165) is 36.8 Å². The van der Waals surface area contributed by atoms with Gasteiger partial charge in [0.25, 0.3) is 17.7 Å². The van der Waals surface area contributed by atoms with Gasteiger partial charge in [-0.3, -0.25) is 14.4 Å². The maximum absolute atomic E-state index is 14.6. The van der Waals surface area contributed by atoms with Crippen LogP contribution in [0.25, 0.3) is 16.3 Å². The molecule has 276 valence electrons. The van der Waals surface area contributed by atoms with Crippen molar-refractivity contribution in [3.8, 4) is 16.3 Å². The summed E-state index contributed by atoms with van der Waals surface area (Å²) in [7, 11) is 0. The average molecular weight is 774 g/mol. The van der Waals surface area contributed by atoms with Gasteiger partial charge in [-0.15, -0.1) is 11.3 Å². The van der Waals surface area contributed by atoms with Gasteiger partial charge >= 0.3 is 0 Å². The van der Waals surface area contributed by atoms with Crippen molar-refractivity contribution in [1.29, 1.82) is 0 Å². The molecule has 2 aromatic heterocycles. The van der Waals surface area contributed by atoms with Crippen LogP contribution >= 0.6 is 34.5 Å². The van der Waals surface area contributed by atoms with E-state index < -0.39 is 11.9 Å². The number of amides is 3. The fourth-order valence-corrected chi connectivity index (χ4v) is 7.75. The molecule has 0 radical (unpaired) electrons. The number of carbonyl (C=O) groups excluding carboxylic acids is 3. The number of nitrogens with zero attached hydrogens (tertiary/aromatic N) is 5. The summed E-state index contributed by atoms with van der Waals surface area (Å²) in [5.41, 5.74) is 4.90. The van der Waals surface area contributed by atoms with Crippen molar-refractivity contribution in [2.75, 3.05) is 25.0 Å². The number of rotatable bonds is 13. The number of aliphatic hydroxyl groups is 1. The van der Waals surface area contributed by atoms with Crippen molar-refractivity contribution in [3.05, 3.63) is 116 Å². The normalized spacial score (nSPS) is 13.8. The largest absolute Gasteiger partial charge is 0.394 e. The Hall–Kier alpha value is -4.55. The third kappa shape index (κ3) is 8.33. The number of hydrogen-bond donors (Lipinski definition) is 2. The number of anilines is 1. The lowest BCUT2D eigenvalue weighted by Gasteiger charge is -2.36. The molecule has 2 N–H and O–H groups in total. The number of aromatic nitrogens is 3. The number of benzene rings is 3.